The Kier molecular flexibility index (Phi) is 10.0. The Morgan fingerprint density at radius 1 is 0.837 bits per heavy atom. The standard InChI is InChI=1S/C32H32N4O7/c1-41-27-16-25(26(17-28(27)42-2)43-19-21-9-6-10-23(15-21)32(38)39)29(31(37)34-18-20-7-4-3-5-8-20)35-24-13-11-22(12-14-24)30(33)36-40/h3-17,29,35,40H,18-19H2,1-2H3,(H2,33,36)(H,34,37)(H,38,39). The summed E-state index contributed by atoms with van der Waals surface area (Å²) in [5.41, 5.74) is 8.89. The van der Waals surface area contributed by atoms with Crippen molar-refractivity contribution in [1.82, 2.24) is 5.32 Å². The molecular weight excluding hydrogens is 552 g/mol. The minimum absolute atomic E-state index is 0.0242. The Hall–Kier alpha value is -5.71. The van der Waals surface area contributed by atoms with Crippen LogP contribution in [-0.4, -0.2) is 42.2 Å². The molecule has 222 valence electrons. The highest BCUT2D eigenvalue weighted by molar-refractivity contribution is 5.97. The summed E-state index contributed by atoms with van der Waals surface area (Å²) in [6.07, 6.45) is 0. The summed E-state index contributed by atoms with van der Waals surface area (Å²) in [6, 6.07) is 24.9. The van der Waals surface area contributed by atoms with Gasteiger partial charge in [0, 0.05) is 29.4 Å². The van der Waals surface area contributed by atoms with E-state index in [4.69, 9.17) is 25.2 Å². The molecule has 11 heteroatoms. The number of oxime groups is 1. The van der Waals surface area contributed by atoms with E-state index in [1.807, 2.05) is 30.3 Å². The predicted molar refractivity (Wildman–Crippen MR) is 161 cm³/mol. The normalized spacial score (nSPS) is 11.7. The quantitative estimate of drug-likeness (QED) is 0.0656. The highest BCUT2D eigenvalue weighted by Crippen LogP contribution is 2.39. The van der Waals surface area contributed by atoms with Crippen molar-refractivity contribution in [3.63, 3.8) is 0 Å². The molecule has 0 fully saturated rings. The van der Waals surface area contributed by atoms with Crippen LogP contribution in [0.2, 0.25) is 0 Å². The molecule has 1 atom stereocenters. The van der Waals surface area contributed by atoms with Crippen LogP contribution in [0.3, 0.4) is 0 Å². The smallest absolute Gasteiger partial charge is 0.335 e. The Morgan fingerprint density at radius 2 is 1.51 bits per heavy atom. The van der Waals surface area contributed by atoms with Gasteiger partial charge in [0.2, 0.25) is 5.91 Å². The number of hydrogen-bond acceptors (Lipinski definition) is 8. The van der Waals surface area contributed by atoms with Gasteiger partial charge in [-0.05, 0) is 53.6 Å². The van der Waals surface area contributed by atoms with Gasteiger partial charge < -0.3 is 40.9 Å². The van der Waals surface area contributed by atoms with Crippen LogP contribution in [0, 0.1) is 0 Å². The highest BCUT2D eigenvalue weighted by Gasteiger charge is 2.27. The lowest BCUT2D eigenvalue weighted by atomic mass is 10.0. The van der Waals surface area contributed by atoms with Crippen molar-refractivity contribution in [2.45, 2.75) is 19.2 Å². The predicted octanol–water partition coefficient (Wildman–Crippen LogP) is 4.55. The van der Waals surface area contributed by atoms with Gasteiger partial charge in [-0.2, -0.15) is 0 Å². The number of methoxy groups -OCH3 is 2. The topological polar surface area (TPSA) is 165 Å². The van der Waals surface area contributed by atoms with Gasteiger partial charge >= 0.3 is 5.97 Å². The number of anilines is 1. The summed E-state index contributed by atoms with van der Waals surface area (Å²) in [7, 11) is 2.98. The number of nitrogens with zero attached hydrogens (tertiary/aromatic N) is 1. The molecule has 0 aliphatic carbocycles. The van der Waals surface area contributed by atoms with Crippen molar-refractivity contribution in [3.8, 4) is 17.2 Å². The van der Waals surface area contributed by atoms with Gasteiger partial charge in [0.15, 0.2) is 17.3 Å². The Balaban J connectivity index is 1.72. The second-order valence-corrected chi connectivity index (χ2v) is 9.38. The minimum atomic E-state index is -1.05. The van der Waals surface area contributed by atoms with Crippen molar-refractivity contribution in [3.05, 3.63) is 119 Å². The van der Waals surface area contributed by atoms with Crippen molar-refractivity contribution in [2.24, 2.45) is 10.9 Å². The SMILES string of the molecule is COc1cc(OCc2cccc(C(=O)O)c2)c(C(Nc2ccc(C(N)=NO)cc2)C(=O)NCc2ccccc2)cc1OC. The Labute approximate surface area is 248 Å². The maximum absolute atomic E-state index is 13.8. The van der Waals surface area contributed by atoms with Gasteiger partial charge in [-0.15, -0.1) is 0 Å². The number of amidine groups is 1. The molecule has 11 nitrogen and oxygen atoms in total. The number of nitrogens with two attached hydrogens (primary N) is 1. The van der Waals surface area contributed by atoms with Gasteiger partial charge in [0.25, 0.3) is 0 Å². The number of ether oxygens (including phenoxy) is 3. The molecule has 0 saturated carbocycles. The van der Waals surface area contributed by atoms with E-state index in [0.717, 1.165) is 5.56 Å². The lowest BCUT2D eigenvalue weighted by Crippen LogP contribution is -2.33. The zero-order chi connectivity index (χ0) is 30.8. The molecule has 43 heavy (non-hydrogen) atoms. The molecule has 0 saturated heterocycles. The van der Waals surface area contributed by atoms with E-state index in [-0.39, 0.29) is 30.5 Å². The molecule has 0 aliphatic rings. The molecule has 6 N–H and O–H groups in total. The number of rotatable bonds is 13. The number of benzene rings is 4. The zero-order valence-corrected chi connectivity index (χ0v) is 23.6. The Bertz CT molecular complexity index is 1590. The third-order valence-electron chi connectivity index (χ3n) is 6.57. The minimum Gasteiger partial charge on any atom is -0.493 e. The number of hydrogen-bond donors (Lipinski definition) is 5. The van der Waals surface area contributed by atoms with E-state index in [9.17, 15) is 14.7 Å². The summed E-state index contributed by atoms with van der Waals surface area (Å²) in [6.45, 7) is 0.308. The second kappa shape index (κ2) is 14.3. The van der Waals surface area contributed by atoms with Crippen LogP contribution < -0.4 is 30.6 Å². The summed E-state index contributed by atoms with van der Waals surface area (Å²) in [5, 5.41) is 27.6. The van der Waals surface area contributed by atoms with Crippen LogP contribution in [0.1, 0.15) is 38.7 Å². The zero-order valence-electron chi connectivity index (χ0n) is 23.6. The fourth-order valence-corrected chi connectivity index (χ4v) is 4.32. The van der Waals surface area contributed by atoms with Gasteiger partial charge in [-0.25, -0.2) is 4.79 Å². The molecule has 0 aliphatic heterocycles. The lowest BCUT2D eigenvalue weighted by molar-refractivity contribution is -0.122. The molecule has 4 aromatic carbocycles. The number of carboxylic acids is 1. The number of carbonyl (C=O) groups excluding carboxylic acids is 1. The largest absolute Gasteiger partial charge is 0.493 e. The average molecular weight is 585 g/mol. The van der Waals surface area contributed by atoms with Crippen molar-refractivity contribution < 1.29 is 34.1 Å². The third-order valence-corrected chi connectivity index (χ3v) is 6.57. The fraction of sp³-hybridized carbons (Fsp3) is 0.156. The van der Waals surface area contributed by atoms with Gasteiger partial charge in [0.05, 0.1) is 19.8 Å². The first kappa shape index (κ1) is 30.3. The second-order valence-electron chi connectivity index (χ2n) is 9.38. The summed E-state index contributed by atoms with van der Waals surface area (Å²) in [4.78, 5) is 25.3. The summed E-state index contributed by atoms with van der Waals surface area (Å²) in [5.74, 6) is -0.375. The number of aromatic carboxylic acids is 1. The molecule has 0 aromatic heterocycles. The molecule has 0 spiro atoms. The molecule has 1 unspecified atom stereocenters. The molecule has 0 radical (unpaired) electrons. The number of carboxylic acid groups (broad SMARTS) is 1. The summed E-state index contributed by atoms with van der Waals surface area (Å²) < 4.78 is 17.2. The van der Waals surface area contributed by atoms with Crippen LogP contribution in [-0.2, 0) is 17.9 Å². The highest BCUT2D eigenvalue weighted by atomic mass is 16.5. The van der Waals surface area contributed by atoms with Crippen molar-refractivity contribution in [1.29, 1.82) is 0 Å². The fourth-order valence-electron chi connectivity index (χ4n) is 4.32. The molecular formula is C32H32N4O7. The third kappa shape index (κ3) is 7.73. The van der Waals surface area contributed by atoms with E-state index in [0.29, 0.717) is 39.6 Å². The molecule has 0 bridgehead atoms. The van der Waals surface area contributed by atoms with E-state index in [1.165, 1.54) is 26.4 Å². The van der Waals surface area contributed by atoms with Crippen LogP contribution in [0.4, 0.5) is 5.69 Å². The van der Waals surface area contributed by atoms with Crippen LogP contribution in [0.5, 0.6) is 17.2 Å². The first-order chi connectivity index (χ1) is 20.8. The first-order valence-corrected chi connectivity index (χ1v) is 13.2. The number of amides is 1. The average Bonchev–Trinajstić information content (AvgIpc) is 3.05. The number of nitrogens with one attached hydrogen (secondary N) is 2. The Morgan fingerprint density at radius 3 is 2.16 bits per heavy atom. The molecule has 0 heterocycles. The van der Waals surface area contributed by atoms with E-state index in [1.54, 1.807) is 48.5 Å². The lowest BCUT2D eigenvalue weighted by Gasteiger charge is -2.24. The number of carbonyl (C=O) groups is 2. The van der Waals surface area contributed by atoms with Crippen LogP contribution >= 0.6 is 0 Å². The monoisotopic (exact) mass is 584 g/mol. The van der Waals surface area contributed by atoms with Crippen molar-refractivity contribution >= 4 is 23.4 Å². The first-order valence-electron chi connectivity index (χ1n) is 13.2. The van der Waals surface area contributed by atoms with Crippen molar-refractivity contribution in [2.75, 3.05) is 19.5 Å². The maximum atomic E-state index is 13.8. The van der Waals surface area contributed by atoms with Crippen LogP contribution in [0.25, 0.3) is 0 Å². The van der Waals surface area contributed by atoms with Crippen LogP contribution in [0.15, 0.2) is 96.2 Å². The van der Waals surface area contributed by atoms with E-state index < -0.39 is 12.0 Å². The summed E-state index contributed by atoms with van der Waals surface area (Å²) >= 11 is 0. The molecule has 4 rings (SSSR count). The molecule has 4 aromatic rings. The maximum Gasteiger partial charge on any atom is 0.335 e. The van der Waals surface area contributed by atoms with Gasteiger partial charge in [-0.1, -0.05) is 47.6 Å². The van der Waals surface area contributed by atoms with Gasteiger partial charge in [-0.3, -0.25) is 4.79 Å². The van der Waals surface area contributed by atoms with E-state index >= 15 is 0 Å². The van der Waals surface area contributed by atoms with Gasteiger partial charge in [0.1, 0.15) is 18.4 Å². The van der Waals surface area contributed by atoms with E-state index in [2.05, 4.69) is 15.8 Å². The molecule has 1 amide bonds.